The zero-order chi connectivity index (χ0) is 12.7. The lowest BCUT2D eigenvalue weighted by Gasteiger charge is -2.13. The van der Waals surface area contributed by atoms with Gasteiger partial charge < -0.3 is 14.8 Å². The fourth-order valence-corrected chi connectivity index (χ4v) is 1.72. The highest BCUT2D eigenvalue weighted by Gasteiger charge is 2.06. The molecule has 0 radical (unpaired) electrons. The van der Waals surface area contributed by atoms with Gasteiger partial charge in [0.25, 0.3) is 0 Å². The first-order valence-electron chi connectivity index (χ1n) is 5.76. The van der Waals surface area contributed by atoms with Crippen molar-refractivity contribution in [3.05, 3.63) is 22.7 Å². The molecular weight excluding hydrogens is 238 g/mol. The average Bonchev–Trinajstić information content (AvgIpc) is 2.33. The number of unbranched alkanes of at least 4 members (excludes halogenated alkanes) is 1. The highest BCUT2D eigenvalue weighted by atomic mass is 35.5. The van der Waals surface area contributed by atoms with Crippen molar-refractivity contribution in [3.63, 3.8) is 0 Å². The van der Waals surface area contributed by atoms with Crippen molar-refractivity contribution < 1.29 is 9.47 Å². The first-order valence-corrected chi connectivity index (χ1v) is 6.13. The second kappa shape index (κ2) is 7.41. The van der Waals surface area contributed by atoms with Crippen LogP contribution in [0.15, 0.2) is 12.1 Å². The molecule has 0 saturated carbocycles. The summed E-state index contributed by atoms with van der Waals surface area (Å²) in [5.74, 6) is 0.785. The van der Waals surface area contributed by atoms with Gasteiger partial charge in [-0.05, 0) is 31.4 Å². The summed E-state index contributed by atoms with van der Waals surface area (Å²) < 4.78 is 10.3. The summed E-state index contributed by atoms with van der Waals surface area (Å²) in [6.45, 7) is 3.69. The molecule has 1 N–H and O–H groups in total. The fraction of sp³-hybridized carbons (Fsp3) is 0.538. The maximum Gasteiger partial charge on any atom is 0.143 e. The van der Waals surface area contributed by atoms with Crippen LogP contribution in [0.3, 0.4) is 0 Å². The molecule has 1 aromatic rings. The predicted molar refractivity (Wildman–Crippen MR) is 72.3 cm³/mol. The lowest BCUT2D eigenvalue weighted by Crippen LogP contribution is -2.04. The minimum Gasteiger partial charge on any atom is -0.495 e. The van der Waals surface area contributed by atoms with E-state index in [0.717, 1.165) is 48.0 Å². The number of benzene rings is 1. The first-order chi connectivity index (χ1) is 8.19. The number of aryl methyl sites for hydroxylation is 1. The van der Waals surface area contributed by atoms with Gasteiger partial charge in [-0.2, -0.15) is 0 Å². The maximum absolute atomic E-state index is 6.04. The van der Waals surface area contributed by atoms with E-state index < -0.39 is 0 Å². The molecule has 0 amide bonds. The van der Waals surface area contributed by atoms with Gasteiger partial charge in [-0.3, -0.25) is 0 Å². The van der Waals surface area contributed by atoms with Gasteiger partial charge in [-0.1, -0.05) is 11.6 Å². The van der Waals surface area contributed by atoms with Crippen LogP contribution in [-0.4, -0.2) is 27.4 Å². The smallest absolute Gasteiger partial charge is 0.143 e. The van der Waals surface area contributed by atoms with Crippen LogP contribution in [0.4, 0.5) is 5.69 Å². The molecule has 0 aromatic heterocycles. The zero-order valence-electron chi connectivity index (χ0n) is 10.7. The Bertz CT molecular complexity index is 356. The molecule has 1 aromatic carbocycles. The van der Waals surface area contributed by atoms with E-state index in [1.165, 1.54) is 0 Å². The SMILES string of the molecule is COCCCCNc1cc(C)c(Cl)cc1OC. The van der Waals surface area contributed by atoms with Gasteiger partial charge in [-0.15, -0.1) is 0 Å². The Morgan fingerprint density at radius 2 is 2.00 bits per heavy atom. The van der Waals surface area contributed by atoms with Gasteiger partial charge in [-0.25, -0.2) is 0 Å². The summed E-state index contributed by atoms with van der Waals surface area (Å²) in [6, 6.07) is 3.85. The van der Waals surface area contributed by atoms with E-state index in [2.05, 4.69) is 5.32 Å². The van der Waals surface area contributed by atoms with Gasteiger partial charge in [0.15, 0.2) is 0 Å². The second-order valence-corrected chi connectivity index (χ2v) is 4.34. The molecule has 0 fully saturated rings. The van der Waals surface area contributed by atoms with Crippen LogP contribution < -0.4 is 10.1 Å². The summed E-state index contributed by atoms with van der Waals surface area (Å²) >= 11 is 6.04. The van der Waals surface area contributed by atoms with E-state index in [9.17, 15) is 0 Å². The molecule has 1 rings (SSSR count). The van der Waals surface area contributed by atoms with E-state index in [-0.39, 0.29) is 0 Å². The summed E-state index contributed by atoms with van der Waals surface area (Å²) in [5, 5.41) is 4.08. The molecule has 3 nitrogen and oxygen atoms in total. The third-order valence-electron chi connectivity index (χ3n) is 2.57. The van der Waals surface area contributed by atoms with Crippen molar-refractivity contribution in [3.8, 4) is 5.75 Å². The standard InChI is InChI=1S/C13H20ClNO2/c1-10-8-12(13(17-3)9-11(10)14)15-6-4-5-7-16-2/h8-9,15H,4-7H2,1-3H3. The second-order valence-electron chi connectivity index (χ2n) is 3.93. The molecule has 17 heavy (non-hydrogen) atoms. The summed E-state index contributed by atoms with van der Waals surface area (Å²) in [5.41, 5.74) is 2.04. The van der Waals surface area contributed by atoms with E-state index in [1.54, 1.807) is 14.2 Å². The number of hydrogen-bond donors (Lipinski definition) is 1. The number of anilines is 1. The van der Waals surface area contributed by atoms with E-state index in [0.29, 0.717) is 0 Å². The zero-order valence-corrected chi connectivity index (χ0v) is 11.4. The van der Waals surface area contributed by atoms with Crippen LogP contribution in [0.5, 0.6) is 5.75 Å². The van der Waals surface area contributed by atoms with E-state index >= 15 is 0 Å². The minimum atomic E-state index is 0.729. The molecule has 96 valence electrons. The topological polar surface area (TPSA) is 30.5 Å². The van der Waals surface area contributed by atoms with Gasteiger partial charge in [0.05, 0.1) is 12.8 Å². The van der Waals surface area contributed by atoms with Crippen LogP contribution in [0, 0.1) is 6.92 Å². The van der Waals surface area contributed by atoms with Crippen molar-refractivity contribution in [2.75, 3.05) is 32.7 Å². The first kappa shape index (κ1) is 14.1. The lowest BCUT2D eigenvalue weighted by molar-refractivity contribution is 0.194. The molecule has 0 unspecified atom stereocenters. The predicted octanol–water partition coefficient (Wildman–Crippen LogP) is 3.50. The van der Waals surface area contributed by atoms with Gasteiger partial charge >= 0.3 is 0 Å². The Morgan fingerprint density at radius 3 is 2.65 bits per heavy atom. The Morgan fingerprint density at radius 1 is 1.24 bits per heavy atom. The van der Waals surface area contributed by atoms with Gasteiger partial charge in [0.2, 0.25) is 0 Å². The third kappa shape index (κ3) is 4.44. The fourth-order valence-electron chi connectivity index (χ4n) is 1.56. The van der Waals surface area contributed by atoms with Crippen molar-refractivity contribution in [2.45, 2.75) is 19.8 Å². The van der Waals surface area contributed by atoms with Crippen LogP contribution in [0.1, 0.15) is 18.4 Å². The largest absolute Gasteiger partial charge is 0.495 e. The Kier molecular flexibility index (Phi) is 6.16. The lowest BCUT2D eigenvalue weighted by atomic mass is 10.2. The number of ether oxygens (including phenoxy) is 2. The number of halogens is 1. The van der Waals surface area contributed by atoms with Crippen LogP contribution >= 0.6 is 11.6 Å². The third-order valence-corrected chi connectivity index (χ3v) is 2.98. The molecule has 0 saturated heterocycles. The summed E-state index contributed by atoms with van der Waals surface area (Å²) in [6.07, 6.45) is 2.12. The number of methoxy groups -OCH3 is 2. The van der Waals surface area contributed by atoms with E-state index in [4.69, 9.17) is 21.1 Å². The van der Waals surface area contributed by atoms with Crippen molar-refractivity contribution in [1.82, 2.24) is 0 Å². The molecule has 0 aliphatic carbocycles. The summed E-state index contributed by atoms with van der Waals surface area (Å²) in [4.78, 5) is 0. The van der Waals surface area contributed by atoms with Crippen molar-refractivity contribution in [2.24, 2.45) is 0 Å². The van der Waals surface area contributed by atoms with Crippen LogP contribution in [0.2, 0.25) is 5.02 Å². The molecular formula is C13H20ClNO2. The van der Waals surface area contributed by atoms with Crippen LogP contribution in [0.25, 0.3) is 0 Å². The molecule has 0 spiro atoms. The number of rotatable bonds is 7. The molecule has 0 heterocycles. The molecule has 0 aliphatic heterocycles. The number of hydrogen-bond acceptors (Lipinski definition) is 3. The quantitative estimate of drug-likeness (QED) is 0.759. The van der Waals surface area contributed by atoms with Crippen LogP contribution in [-0.2, 0) is 4.74 Å². The molecule has 0 aliphatic rings. The summed E-state index contributed by atoms with van der Waals surface area (Å²) in [7, 11) is 3.37. The highest BCUT2D eigenvalue weighted by molar-refractivity contribution is 6.31. The minimum absolute atomic E-state index is 0.729. The monoisotopic (exact) mass is 257 g/mol. The Labute approximate surface area is 108 Å². The average molecular weight is 258 g/mol. The van der Waals surface area contributed by atoms with Gasteiger partial charge in [0.1, 0.15) is 5.75 Å². The molecule has 0 bridgehead atoms. The normalized spacial score (nSPS) is 10.4. The maximum atomic E-state index is 6.04. The molecule has 0 atom stereocenters. The van der Waals surface area contributed by atoms with Crippen molar-refractivity contribution in [1.29, 1.82) is 0 Å². The Hall–Kier alpha value is -0.930. The van der Waals surface area contributed by atoms with E-state index in [1.807, 2.05) is 19.1 Å². The van der Waals surface area contributed by atoms with Gasteiger partial charge in [0, 0.05) is 31.4 Å². The Balaban J connectivity index is 2.54. The van der Waals surface area contributed by atoms with Crippen molar-refractivity contribution >= 4 is 17.3 Å². The highest BCUT2D eigenvalue weighted by Crippen LogP contribution is 2.30. The number of nitrogens with one attached hydrogen (secondary N) is 1. The molecule has 4 heteroatoms.